The zero-order valence-electron chi connectivity index (χ0n) is 45.5. The molecule has 396 valence electrons. The van der Waals surface area contributed by atoms with E-state index in [2.05, 4.69) is 32.9 Å². The van der Waals surface area contributed by atoms with Crippen molar-refractivity contribution in [2.45, 2.75) is 348 Å². The zero-order valence-corrected chi connectivity index (χ0v) is 45.5. The van der Waals surface area contributed by atoms with Gasteiger partial charge in [-0.3, -0.25) is 14.4 Å². The smallest absolute Gasteiger partial charge is 0.306 e. The van der Waals surface area contributed by atoms with Gasteiger partial charge in [0.1, 0.15) is 13.2 Å². The number of carbonyl (C=O) groups excluding carboxylic acids is 3. The van der Waals surface area contributed by atoms with Gasteiger partial charge in [-0.2, -0.15) is 0 Å². The monoisotopic (exact) mass is 945 g/mol. The molecule has 6 heteroatoms. The Hall–Kier alpha value is -1.85. The first-order valence-corrected chi connectivity index (χ1v) is 30.2. The van der Waals surface area contributed by atoms with Crippen molar-refractivity contribution in [3.05, 3.63) is 12.2 Å². The Morgan fingerprint density at radius 2 is 0.493 bits per heavy atom. The molecule has 0 aromatic rings. The average molecular weight is 946 g/mol. The van der Waals surface area contributed by atoms with Crippen LogP contribution in [0, 0.1) is 0 Å². The molecule has 0 bridgehead atoms. The second kappa shape index (κ2) is 56.7. The minimum Gasteiger partial charge on any atom is -0.462 e. The van der Waals surface area contributed by atoms with Crippen LogP contribution in [0.15, 0.2) is 12.2 Å². The van der Waals surface area contributed by atoms with Crippen LogP contribution in [0.4, 0.5) is 0 Å². The van der Waals surface area contributed by atoms with Crippen molar-refractivity contribution in [3.8, 4) is 0 Å². The van der Waals surface area contributed by atoms with Crippen LogP contribution < -0.4 is 0 Å². The third-order valence-corrected chi connectivity index (χ3v) is 13.8. The van der Waals surface area contributed by atoms with E-state index in [0.717, 1.165) is 64.2 Å². The Bertz CT molecular complexity index is 1040. The molecule has 1 unspecified atom stereocenters. The molecule has 0 aliphatic rings. The molecule has 0 rings (SSSR count). The molecule has 1 atom stereocenters. The van der Waals surface area contributed by atoms with Crippen molar-refractivity contribution >= 4 is 17.9 Å². The Kier molecular flexibility index (Phi) is 55.2. The van der Waals surface area contributed by atoms with Gasteiger partial charge in [-0.1, -0.05) is 290 Å². The predicted octanol–water partition coefficient (Wildman–Crippen LogP) is 20.1. The Morgan fingerprint density at radius 3 is 0.761 bits per heavy atom. The minimum absolute atomic E-state index is 0.0663. The number of unbranched alkanes of at least 4 members (excludes halogenated alkanes) is 43. The second-order valence-electron chi connectivity index (χ2n) is 20.6. The van der Waals surface area contributed by atoms with Gasteiger partial charge in [-0.15, -0.1) is 0 Å². The van der Waals surface area contributed by atoms with E-state index in [1.165, 1.54) is 238 Å². The lowest BCUT2D eigenvalue weighted by Gasteiger charge is -2.18. The van der Waals surface area contributed by atoms with Gasteiger partial charge in [-0.05, 0) is 44.9 Å². The largest absolute Gasteiger partial charge is 0.462 e. The fraction of sp³-hybridized carbons (Fsp3) is 0.918. The summed E-state index contributed by atoms with van der Waals surface area (Å²) in [5.74, 6) is -0.849. The van der Waals surface area contributed by atoms with E-state index >= 15 is 0 Å². The summed E-state index contributed by atoms with van der Waals surface area (Å²) in [6.45, 7) is 6.68. The van der Waals surface area contributed by atoms with Gasteiger partial charge >= 0.3 is 17.9 Å². The van der Waals surface area contributed by atoms with Gasteiger partial charge in [0.05, 0.1) is 0 Å². The summed E-state index contributed by atoms with van der Waals surface area (Å²) < 4.78 is 16.9. The quantitative estimate of drug-likeness (QED) is 0.0262. The molecule has 0 spiro atoms. The van der Waals surface area contributed by atoms with Crippen molar-refractivity contribution in [2.75, 3.05) is 13.2 Å². The van der Waals surface area contributed by atoms with E-state index in [1.54, 1.807) is 0 Å². The molecule has 0 aliphatic carbocycles. The highest BCUT2D eigenvalue weighted by Crippen LogP contribution is 2.18. The van der Waals surface area contributed by atoms with Gasteiger partial charge in [0.25, 0.3) is 0 Å². The van der Waals surface area contributed by atoms with Crippen LogP contribution >= 0.6 is 0 Å². The van der Waals surface area contributed by atoms with Crippen molar-refractivity contribution in [3.63, 3.8) is 0 Å². The number of hydrogen-bond donors (Lipinski definition) is 0. The summed E-state index contributed by atoms with van der Waals surface area (Å²) in [6.07, 6.45) is 64.9. The Morgan fingerprint density at radius 1 is 0.284 bits per heavy atom. The summed E-state index contributed by atoms with van der Waals surface area (Å²) in [5.41, 5.74) is 0. The molecule has 0 aliphatic heterocycles. The molecule has 6 nitrogen and oxygen atoms in total. The standard InChI is InChI=1S/C61H116O6/c1-4-7-10-13-16-19-22-25-27-29-30-31-32-34-36-39-42-45-48-51-54-60(63)66-57-58(56-65-59(62)53-50-47-44-41-38-35-24-21-18-15-12-9-6-3)67-61(64)55-52-49-46-43-40-37-33-28-26-23-20-17-14-11-8-5-2/h21,24,58H,4-20,22-23,25-57H2,1-3H3/b24-21-. The summed E-state index contributed by atoms with van der Waals surface area (Å²) in [5, 5.41) is 0. The third kappa shape index (κ3) is 55.0. The molecule has 0 saturated carbocycles. The first kappa shape index (κ1) is 65.1. The second-order valence-corrected chi connectivity index (χ2v) is 20.6. The first-order chi connectivity index (χ1) is 33.0. The Labute approximate surface area is 418 Å². The summed E-state index contributed by atoms with van der Waals surface area (Å²) in [4.78, 5) is 38.2. The third-order valence-electron chi connectivity index (χ3n) is 13.8. The van der Waals surface area contributed by atoms with Gasteiger partial charge in [0.2, 0.25) is 0 Å². The minimum atomic E-state index is -0.768. The normalized spacial score (nSPS) is 12.0. The predicted molar refractivity (Wildman–Crippen MR) is 289 cm³/mol. The number of ether oxygens (including phenoxy) is 3. The van der Waals surface area contributed by atoms with Crippen molar-refractivity contribution in [1.29, 1.82) is 0 Å². The van der Waals surface area contributed by atoms with E-state index in [-0.39, 0.29) is 31.1 Å². The highest BCUT2D eigenvalue weighted by molar-refractivity contribution is 5.71. The molecular formula is C61H116O6. The topological polar surface area (TPSA) is 78.9 Å². The van der Waals surface area contributed by atoms with Crippen LogP contribution in [-0.2, 0) is 28.6 Å². The maximum absolute atomic E-state index is 12.9. The van der Waals surface area contributed by atoms with Crippen molar-refractivity contribution in [2.24, 2.45) is 0 Å². The summed E-state index contributed by atoms with van der Waals surface area (Å²) >= 11 is 0. The molecule has 0 N–H and O–H groups in total. The molecule has 67 heavy (non-hydrogen) atoms. The van der Waals surface area contributed by atoms with Crippen LogP contribution in [0.5, 0.6) is 0 Å². The Balaban J connectivity index is 4.27. The van der Waals surface area contributed by atoms with Crippen LogP contribution in [0.3, 0.4) is 0 Å². The summed E-state index contributed by atoms with van der Waals surface area (Å²) in [6, 6.07) is 0. The molecule has 0 aromatic heterocycles. The molecule has 0 heterocycles. The van der Waals surface area contributed by atoms with E-state index < -0.39 is 6.10 Å². The maximum atomic E-state index is 12.9. The highest BCUT2D eigenvalue weighted by atomic mass is 16.6. The van der Waals surface area contributed by atoms with Crippen molar-refractivity contribution in [1.82, 2.24) is 0 Å². The lowest BCUT2D eigenvalue weighted by atomic mass is 10.0. The fourth-order valence-electron chi connectivity index (χ4n) is 9.21. The van der Waals surface area contributed by atoms with Gasteiger partial charge in [0.15, 0.2) is 6.10 Å². The number of hydrogen-bond acceptors (Lipinski definition) is 6. The van der Waals surface area contributed by atoms with Crippen LogP contribution in [0.2, 0.25) is 0 Å². The first-order valence-electron chi connectivity index (χ1n) is 30.2. The molecule has 0 aromatic carbocycles. The number of allylic oxidation sites excluding steroid dienone is 2. The zero-order chi connectivity index (χ0) is 48.6. The van der Waals surface area contributed by atoms with Gasteiger partial charge in [0, 0.05) is 19.3 Å². The van der Waals surface area contributed by atoms with E-state index in [0.29, 0.717) is 19.3 Å². The van der Waals surface area contributed by atoms with E-state index in [9.17, 15) is 14.4 Å². The van der Waals surface area contributed by atoms with Crippen LogP contribution in [0.25, 0.3) is 0 Å². The molecule has 0 radical (unpaired) electrons. The van der Waals surface area contributed by atoms with Gasteiger partial charge < -0.3 is 14.2 Å². The lowest BCUT2D eigenvalue weighted by molar-refractivity contribution is -0.167. The van der Waals surface area contributed by atoms with E-state index in [1.807, 2.05) is 0 Å². The number of rotatable bonds is 56. The van der Waals surface area contributed by atoms with Crippen LogP contribution in [-0.4, -0.2) is 37.2 Å². The maximum Gasteiger partial charge on any atom is 0.306 e. The molecule has 0 fully saturated rings. The fourth-order valence-corrected chi connectivity index (χ4v) is 9.21. The molecule has 0 saturated heterocycles. The SMILES string of the molecule is CCCCCC/C=C\CCCCCCCC(=O)OCC(COC(=O)CCCCCCCCCCCCCCCCCCCCCC)OC(=O)CCCCCCCCCCCCCCCCCC. The van der Waals surface area contributed by atoms with Crippen LogP contribution in [0.1, 0.15) is 342 Å². The molecular weight excluding hydrogens is 829 g/mol. The number of esters is 3. The van der Waals surface area contributed by atoms with Gasteiger partial charge in [-0.25, -0.2) is 0 Å². The van der Waals surface area contributed by atoms with E-state index in [4.69, 9.17) is 14.2 Å². The molecule has 0 amide bonds. The average Bonchev–Trinajstić information content (AvgIpc) is 3.33. The number of carbonyl (C=O) groups is 3. The highest BCUT2D eigenvalue weighted by Gasteiger charge is 2.19. The lowest BCUT2D eigenvalue weighted by Crippen LogP contribution is -2.30. The van der Waals surface area contributed by atoms with Crippen molar-refractivity contribution < 1.29 is 28.6 Å². The summed E-state index contributed by atoms with van der Waals surface area (Å²) in [7, 11) is 0.